The first kappa shape index (κ1) is 12.7. The number of nitrogens with one attached hydrogen (secondary N) is 2. The van der Waals surface area contributed by atoms with Gasteiger partial charge in [-0.25, -0.2) is 0 Å². The van der Waals surface area contributed by atoms with Gasteiger partial charge in [0.2, 0.25) is 0 Å². The van der Waals surface area contributed by atoms with Crippen LogP contribution in [0, 0.1) is 5.41 Å². The minimum absolute atomic E-state index is 0. The lowest BCUT2D eigenvalue weighted by molar-refractivity contribution is 0.108. The molecule has 0 aliphatic rings. The third kappa shape index (κ3) is 3.24. The number of benzene rings is 1. The van der Waals surface area contributed by atoms with Crippen molar-refractivity contribution in [1.82, 2.24) is 0 Å². The molecule has 0 aliphatic carbocycles. The Morgan fingerprint density at radius 1 is 1.43 bits per heavy atom. The van der Waals surface area contributed by atoms with Crippen LogP contribution in [0.2, 0.25) is 0 Å². The molecule has 0 saturated heterocycles. The molecule has 0 fully saturated rings. The second-order valence-corrected chi connectivity index (χ2v) is 2.70. The molecule has 0 saturated carbocycles. The Kier molecular flexibility index (Phi) is 4.97. The van der Waals surface area contributed by atoms with Crippen LogP contribution in [0.1, 0.15) is 10.4 Å². The molecular formula is C8H9Cl2N3O. The van der Waals surface area contributed by atoms with E-state index in [1.54, 1.807) is 24.3 Å². The molecule has 0 spiro atoms. The van der Waals surface area contributed by atoms with Gasteiger partial charge < -0.3 is 11.1 Å². The predicted octanol–water partition coefficient (Wildman–Crippen LogP) is 1.79. The summed E-state index contributed by atoms with van der Waals surface area (Å²) in [6, 6.07) is 6.58. The highest BCUT2D eigenvalue weighted by Crippen LogP contribution is 2.16. The number of anilines is 1. The fraction of sp³-hybridized carbons (Fsp3) is 0. The zero-order chi connectivity index (χ0) is 9.84. The van der Waals surface area contributed by atoms with Gasteiger partial charge in [-0.3, -0.25) is 10.2 Å². The predicted molar refractivity (Wildman–Crippen MR) is 59.4 cm³/mol. The summed E-state index contributed by atoms with van der Waals surface area (Å²) >= 11 is 5.30. The number of carbonyl (C=O) groups is 1. The second kappa shape index (κ2) is 5.47. The maximum absolute atomic E-state index is 10.9. The molecule has 1 aromatic carbocycles. The van der Waals surface area contributed by atoms with E-state index in [0.29, 0.717) is 11.3 Å². The highest BCUT2D eigenvalue weighted by molar-refractivity contribution is 6.68. The van der Waals surface area contributed by atoms with Gasteiger partial charge in [-0.1, -0.05) is 12.1 Å². The Morgan fingerprint density at radius 2 is 2.00 bits per heavy atom. The van der Waals surface area contributed by atoms with E-state index >= 15 is 0 Å². The molecule has 76 valence electrons. The fourth-order valence-corrected chi connectivity index (χ4v) is 1.07. The first-order valence-electron chi connectivity index (χ1n) is 3.51. The number of para-hydroxylation sites is 1. The topological polar surface area (TPSA) is 79.0 Å². The van der Waals surface area contributed by atoms with Gasteiger partial charge in [0.25, 0.3) is 5.24 Å². The number of hydrogen-bond acceptors (Lipinski definition) is 2. The third-order valence-electron chi connectivity index (χ3n) is 1.41. The standard InChI is InChI=1S/C8H8ClN3O.ClH/c9-7(13)5-3-1-2-4-6(5)12-8(10)11;/h1-4H,(H4,10,11,12);1H. The molecule has 1 aromatic rings. The molecule has 0 radical (unpaired) electrons. The number of hydrogen-bond donors (Lipinski definition) is 3. The quantitative estimate of drug-likeness (QED) is 0.414. The van der Waals surface area contributed by atoms with Gasteiger partial charge in [-0.15, -0.1) is 12.4 Å². The zero-order valence-electron chi connectivity index (χ0n) is 7.08. The van der Waals surface area contributed by atoms with E-state index in [0.717, 1.165) is 0 Å². The Labute approximate surface area is 92.4 Å². The Morgan fingerprint density at radius 3 is 2.50 bits per heavy atom. The minimum Gasteiger partial charge on any atom is -0.370 e. The first-order valence-corrected chi connectivity index (χ1v) is 3.89. The summed E-state index contributed by atoms with van der Waals surface area (Å²) in [5.41, 5.74) is 5.86. The number of guanidine groups is 1. The summed E-state index contributed by atoms with van der Waals surface area (Å²) in [7, 11) is 0. The van der Waals surface area contributed by atoms with E-state index in [4.69, 9.17) is 22.7 Å². The van der Waals surface area contributed by atoms with Crippen LogP contribution in [-0.4, -0.2) is 11.2 Å². The summed E-state index contributed by atoms with van der Waals surface area (Å²) < 4.78 is 0. The van der Waals surface area contributed by atoms with Crippen molar-refractivity contribution in [1.29, 1.82) is 5.41 Å². The van der Waals surface area contributed by atoms with Crippen LogP contribution in [0.25, 0.3) is 0 Å². The van der Waals surface area contributed by atoms with E-state index in [-0.39, 0.29) is 18.4 Å². The lowest BCUT2D eigenvalue weighted by Crippen LogP contribution is -2.21. The Bertz CT molecular complexity index is 354. The van der Waals surface area contributed by atoms with Crippen molar-refractivity contribution in [3.63, 3.8) is 0 Å². The van der Waals surface area contributed by atoms with Gasteiger partial charge in [0.05, 0.1) is 11.3 Å². The van der Waals surface area contributed by atoms with Crippen molar-refractivity contribution in [3.8, 4) is 0 Å². The van der Waals surface area contributed by atoms with Crippen LogP contribution in [-0.2, 0) is 0 Å². The van der Waals surface area contributed by atoms with Gasteiger partial charge in [-0.2, -0.15) is 0 Å². The monoisotopic (exact) mass is 233 g/mol. The van der Waals surface area contributed by atoms with Crippen molar-refractivity contribution >= 4 is 40.9 Å². The molecule has 4 N–H and O–H groups in total. The molecule has 6 heteroatoms. The van der Waals surface area contributed by atoms with Crippen LogP contribution in [0.15, 0.2) is 24.3 Å². The van der Waals surface area contributed by atoms with Crippen molar-refractivity contribution < 1.29 is 4.79 Å². The van der Waals surface area contributed by atoms with E-state index in [1.165, 1.54) is 0 Å². The van der Waals surface area contributed by atoms with E-state index in [9.17, 15) is 4.79 Å². The van der Waals surface area contributed by atoms with Crippen LogP contribution in [0.5, 0.6) is 0 Å². The van der Waals surface area contributed by atoms with Gasteiger partial charge in [0, 0.05) is 0 Å². The molecular weight excluding hydrogens is 225 g/mol. The molecule has 1 rings (SSSR count). The maximum atomic E-state index is 10.9. The van der Waals surface area contributed by atoms with Gasteiger partial charge in [-0.05, 0) is 23.7 Å². The average Bonchev–Trinajstić information content (AvgIpc) is 2.03. The number of carbonyl (C=O) groups excluding carboxylic acids is 1. The molecule has 14 heavy (non-hydrogen) atoms. The van der Waals surface area contributed by atoms with E-state index in [2.05, 4.69) is 5.32 Å². The average molecular weight is 234 g/mol. The largest absolute Gasteiger partial charge is 0.370 e. The number of rotatable bonds is 2. The fourth-order valence-electron chi connectivity index (χ4n) is 0.909. The summed E-state index contributed by atoms with van der Waals surface area (Å²) in [4.78, 5) is 10.9. The normalized spacial score (nSPS) is 8.64. The molecule has 0 aromatic heterocycles. The SMILES string of the molecule is Cl.N=C(N)Nc1ccccc1C(=O)Cl. The highest BCUT2D eigenvalue weighted by atomic mass is 35.5. The minimum atomic E-state index is -0.579. The molecule has 0 bridgehead atoms. The van der Waals surface area contributed by atoms with Crippen LogP contribution in [0.3, 0.4) is 0 Å². The summed E-state index contributed by atoms with van der Waals surface area (Å²) in [5, 5.41) is 8.91. The number of halogens is 2. The summed E-state index contributed by atoms with van der Waals surface area (Å²) in [5.74, 6) is -0.231. The summed E-state index contributed by atoms with van der Waals surface area (Å²) in [6.07, 6.45) is 0. The molecule has 4 nitrogen and oxygen atoms in total. The zero-order valence-corrected chi connectivity index (χ0v) is 8.65. The lowest BCUT2D eigenvalue weighted by atomic mass is 10.2. The summed E-state index contributed by atoms with van der Waals surface area (Å²) in [6.45, 7) is 0. The highest BCUT2D eigenvalue weighted by Gasteiger charge is 2.07. The van der Waals surface area contributed by atoms with Crippen molar-refractivity contribution in [3.05, 3.63) is 29.8 Å². The van der Waals surface area contributed by atoms with Crippen molar-refractivity contribution in [2.45, 2.75) is 0 Å². The molecule has 0 amide bonds. The van der Waals surface area contributed by atoms with Crippen LogP contribution in [0.4, 0.5) is 5.69 Å². The van der Waals surface area contributed by atoms with E-state index < -0.39 is 5.24 Å². The Balaban J connectivity index is 0.00000169. The van der Waals surface area contributed by atoms with Crippen molar-refractivity contribution in [2.75, 3.05) is 5.32 Å². The smallest absolute Gasteiger partial charge is 0.254 e. The molecule has 0 aliphatic heterocycles. The third-order valence-corrected chi connectivity index (χ3v) is 1.61. The molecule has 0 unspecified atom stereocenters. The van der Waals surface area contributed by atoms with Crippen LogP contribution < -0.4 is 11.1 Å². The Hall–Kier alpha value is -1.26. The first-order chi connectivity index (χ1) is 6.11. The van der Waals surface area contributed by atoms with Crippen LogP contribution >= 0.6 is 24.0 Å². The van der Waals surface area contributed by atoms with Gasteiger partial charge in [0.15, 0.2) is 5.96 Å². The molecule has 0 heterocycles. The molecule has 0 atom stereocenters. The van der Waals surface area contributed by atoms with E-state index in [1.807, 2.05) is 0 Å². The number of nitrogens with two attached hydrogens (primary N) is 1. The maximum Gasteiger partial charge on any atom is 0.254 e. The van der Waals surface area contributed by atoms with Gasteiger partial charge >= 0.3 is 0 Å². The van der Waals surface area contributed by atoms with Gasteiger partial charge in [0.1, 0.15) is 0 Å². The lowest BCUT2D eigenvalue weighted by Gasteiger charge is -2.06. The second-order valence-electron chi connectivity index (χ2n) is 2.36. The van der Waals surface area contributed by atoms with Crippen molar-refractivity contribution in [2.24, 2.45) is 5.73 Å².